The van der Waals surface area contributed by atoms with E-state index in [1.54, 1.807) is 0 Å². The third kappa shape index (κ3) is 3.32. The predicted octanol–water partition coefficient (Wildman–Crippen LogP) is 3.97. The van der Waals surface area contributed by atoms with Gasteiger partial charge in [0.05, 0.1) is 5.92 Å². The minimum absolute atomic E-state index is 0.353. The Bertz CT molecular complexity index is 408. The van der Waals surface area contributed by atoms with Crippen LogP contribution in [0.2, 0.25) is 0 Å². The molecule has 1 N–H and O–H groups in total. The molecule has 2 heteroatoms. The third-order valence-electron chi connectivity index (χ3n) is 3.40. The number of carboxylic acid groups (broad SMARTS) is 1. The van der Waals surface area contributed by atoms with Crippen molar-refractivity contribution in [1.29, 1.82) is 0 Å². The first-order chi connectivity index (χ1) is 7.97. The largest absolute Gasteiger partial charge is 0.481 e. The number of aliphatic carboxylic acids is 1. The van der Waals surface area contributed by atoms with E-state index in [1.165, 1.54) is 11.1 Å². The second kappa shape index (κ2) is 5.85. The molecule has 0 aromatic heterocycles. The van der Waals surface area contributed by atoms with Gasteiger partial charge in [-0.1, -0.05) is 31.9 Å². The van der Waals surface area contributed by atoms with Gasteiger partial charge in [-0.05, 0) is 49.4 Å². The molecule has 1 rings (SSSR count). The second-order valence-corrected chi connectivity index (χ2v) is 4.83. The van der Waals surface area contributed by atoms with E-state index in [9.17, 15) is 9.90 Å². The highest BCUT2D eigenvalue weighted by Crippen LogP contribution is 2.27. The van der Waals surface area contributed by atoms with Gasteiger partial charge in [-0.3, -0.25) is 4.79 Å². The van der Waals surface area contributed by atoms with E-state index in [-0.39, 0.29) is 5.92 Å². The van der Waals surface area contributed by atoms with E-state index in [0.717, 1.165) is 30.4 Å². The van der Waals surface area contributed by atoms with Crippen molar-refractivity contribution in [1.82, 2.24) is 0 Å². The van der Waals surface area contributed by atoms with Crippen LogP contribution in [0.4, 0.5) is 0 Å². The zero-order valence-corrected chi connectivity index (χ0v) is 11.2. The summed E-state index contributed by atoms with van der Waals surface area (Å²) in [6, 6.07) is 4.13. The van der Waals surface area contributed by atoms with Crippen LogP contribution in [-0.2, 0) is 4.79 Å². The first-order valence-electron chi connectivity index (χ1n) is 6.28. The maximum absolute atomic E-state index is 11.4. The van der Waals surface area contributed by atoms with Crippen LogP contribution in [0.5, 0.6) is 0 Å². The molecule has 1 unspecified atom stereocenters. The van der Waals surface area contributed by atoms with Crippen molar-refractivity contribution < 1.29 is 9.90 Å². The lowest BCUT2D eigenvalue weighted by atomic mass is 9.88. The SMILES string of the molecule is CCCCC(C(=O)O)c1cc(C)c(C)cc1C. The third-order valence-corrected chi connectivity index (χ3v) is 3.40. The van der Waals surface area contributed by atoms with Crippen LogP contribution in [0.3, 0.4) is 0 Å². The van der Waals surface area contributed by atoms with Crippen LogP contribution in [0, 0.1) is 20.8 Å². The van der Waals surface area contributed by atoms with Crippen LogP contribution in [-0.4, -0.2) is 11.1 Å². The molecule has 0 fully saturated rings. The van der Waals surface area contributed by atoms with Crippen LogP contribution < -0.4 is 0 Å². The molecule has 0 spiro atoms. The molecule has 0 heterocycles. The highest BCUT2D eigenvalue weighted by Gasteiger charge is 2.21. The number of rotatable bonds is 5. The first-order valence-corrected chi connectivity index (χ1v) is 6.28. The number of carboxylic acids is 1. The maximum atomic E-state index is 11.4. The Morgan fingerprint density at radius 1 is 1.18 bits per heavy atom. The Hall–Kier alpha value is -1.31. The lowest BCUT2D eigenvalue weighted by Crippen LogP contribution is -2.13. The van der Waals surface area contributed by atoms with Crippen LogP contribution in [0.25, 0.3) is 0 Å². The summed E-state index contributed by atoms with van der Waals surface area (Å²) in [5.74, 6) is -1.06. The lowest BCUT2D eigenvalue weighted by molar-refractivity contribution is -0.139. The highest BCUT2D eigenvalue weighted by atomic mass is 16.4. The summed E-state index contributed by atoms with van der Waals surface area (Å²) < 4.78 is 0. The molecule has 0 radical (unpaired) electrons. The summed E-state index contributed by atoms with van der Waals surface area (Å²) in [6.45, 7) is 8.20. The van der Waals surface area contributed by atoms with Crippen LogP contribution in [0.15, 0.2) is 12.1 Å². The molecule has 1 atom stereocenters. The number of aryl methyl sites for hydroxylation is 3. The minimum atomic E-state index is -0.704. The Morgan fingerprint density at radius 3 is 2.29 bits per heavy atom. The summed E-state index contributed by atoms with van der Waals surface area (Å²) in [4.78, 5) is 11.4. The monoisotopic (exact) mass is 234 g/mol. The molecule has 0 aliphatic heterocycles. The van der Waals surface area contributed by atoms with Gasteiger partial charge in [-0.25, -0.2) is 0 Å². The van der Waals surface area contributed by atoms with Gasteiger partial charge in [0.1, 0.15) is 0 Å². The summed E-state index contributed by atoms with van der Waals surface area (Å²) in [7, 11) is 0. The van der Waals surface area contributed by atoms with Crippen molar-refractivity contribution in [3.8, 4) is 0 Å². The molecule has 2 nitrogen and oxygen atoms in total. The summed E-state index contributed by atoms with van der Waals surface area (Å²) in [5, 5.41) is 9.34. The molecule has 0 aliphatic rings. The zero-order valence-electron chi connectivity index (χ0n) is 11.2. The Labute approximate surface area is 104 Å². The second-order valence-electron chi connectivity index (χ2n) is 4.83. The molecular formula is C15H22O2. The molecule has 0 aliphatic carbocycles. The normalized spacial score (nSPS) is 12.5. The maximum Gasteiger partial charge on any atom is 0.310 e. The summed E-state index contributed by atoms with van der Waals surface area (Å²) >= 11 is 0. The molecule has 17 heavy (non-hydrogen) atoms. The van der Waals surface area contributed by atoms with Gasteiger partial charge in [0.15, 0.2) is 0 Å². The average Bonchev–Trinajstić information content (AvgIpc) is 2.25. The number of benzene rings is 1. The van der Waals surface area contributed by atoms with Crippen LogP contribution in [0.1, 0.15) is 54.4 Å². The van der Waals surface area contributed by atoms with Crippen molar-refractivity contribution in [2.75, 3.05) is 0 Å². The van der Waals surface area contributed by atoms with E-state index in [1.807, 2.05) is 19.9 Å². The van der Waals surface area contributed by atoms with E-state index in [4.69, 9.17) is 0 Å². The van der Waals surface area contributed by atoms with Gasteiger partial charge in [0.2, 0.25) is 0 Å². The van der Waals surface area contributed by atoms with E-state index < -0.39 is 5.97 Å². The van der Waals surface area contributed by atoms with Crippen molar-refractivity contribution in [3.63, 3.8) is 0 Å². The fraction of sp³-hybridized carbons (Fsp3) is 0.533. The molecule has 94 valence electrons. The average molecular weight is 234 g/mol. The molecule has 1 aromatic carbocycles. The molecule has 1 aromatic rings. The van der Waals surface area contributed by atoms with Gasteiger partial charge < -0.3 is 5.11 Å². The van der Waals surface area contributed by atoms with Gasteiger partial charge >= 0.3 is 5.97 Å². The highest BCUT2D eigenvalue weighted by molar-refractivity contribution is 5.76. The summed E-state index contributed by atoms with van der Waals surface area (Å²) in [6.07, 6.45) is 2.73. The fourth-order valence-electron chi connectivity index (χ4n) is 2.18. The standard InChI is InChI=1S/C15H22O2/c1-5-6-7-13(15(16)17)14-9-11(3)10(2)8-12(14)4/h8-9,13H,5-7H2,1-4H3,(H,16,17). The number of unbranched alkanes of at least 4 members (excludes halogenated alkanes) is 1. The van der Waals surface area contributed by atoms with Gasteiger partial charge in [-0.15, -0.1) is 0 Å². The number of hydrogen-bond donors (Lipinski definition) is 1. The van der Waals surface area contributed by atoms with Gasteiger partial charge in [0, 0.05) is 0 Å². The van der Waals surface area contributed by atoms with Gasteiger partial charge in [-0.2, -0.15) is 0 Å². The minimum Gasteiger partial charge on any atom is -0.481 e. The first kappa shape index (κ1) is 13.8. The quantitative estimate of drug-likeness (QED) is 0.837. The molecule has 0 bridgehead atoms. The molecular weight excluding hydrogens is 212 g/mol. The van der Waals surface area contributed by atoms with E-state index in [2.05, 4.69) is 19.9 Å². The molecule has 0 saturated carbocycles. The molecule has 0 amide bonds. The van der Waals surface area contributed by atoms with E-state index >= 15 is 0 Å². The van der Waals surface area contributed by atoms with Crippen molar-refractivity contribution in [2.45, 2.75) is 52.9 Å². The van der Waals surface area contributed by atoms with Gasteiger partial charge in [0.25, 0.3) is 0 Å². The lowest BCUT2D eigenvalue weighted by Gasteiger charge is -2.17. The number of carbonyl (C=O) groups is 1. The number of hydrogen-bond acceptors (Lipinski definition) is 1. The molecule has 0 saturated heterocycles. The van der Waals surface area contributed by atoms with Crippen LogP contribution >= 0.6 is 0 Å². The smallest absolute Gasteiger partial charge is 0.310 e. The van der Waals surface area contributed by atoms with E-state index in [0.29, 0.717) is 0 Å². The fourth-order valence-corrected chi connectivity index (χ4v) is 2.18. The summed E-state index contributed by atoms with van der Waals surface area (Å²) in [5.41, 5.74) is 4.48. The topological polar surface area (TPSA) is 37.3 Å². The Kier molecular flexibility index (Phi) is 4.73. The Morgan fingerprint density at radius 2 is 1.76 bits per heavy atom. The van der Waals surface area contributed by atoms with Crippen molar-refractivity contribution in [3.05, 3.63) is 34.4 Å². The Balaban J connectivity index is 3.09. The van der Waals surface area contributed by atoms with Crippen molar-refractivity contribution >= 4 is 5.97 Å². The predicted molar refractivity (Wildman–Crippen MR) is 70.6 cm³/mol. The zero-order chi connectivity index (χ0) is 13.0. The van der Waals surface area contributed by atoms with Crippen molar-refractivity contribution in [2.24, 2.45) is 0 Å².